The van der Waals surface area contributed by atoms with Gasteiger partial charge in [0.05, 0.1) is 16.8 Å². The standard InChI is InChI=1S/C18H11BrClNO2/c19-12-4-8-17-15(9-12)16(18(22)23)10-14(21-17)7-3-11-1-5-13(20)6-2-11/h1-10H,(H,22,23). The molecule has 0 unspecified atom stereocenters. The average Bonchev–Trinajstić information content (AvgIpc) is 2.53. The minimum absolute atomic E-state index is 0.229. The third kappa shape index (κ3) is 3.60. The van der Waals surface area contributed by atoms with Gasteiger partial charge in [-0.1, -0.05) is 45.7 Å². The van der Waals surface area contributed by atoms with Crippen molar-refractivity contribution in [1.82, 2.24) is 4.98 Å². The van der Waals surface area contributed by atoms with Crippen molar-refractivity contribution < 1.29 is 9.90 Å². The van der Waals surface area contributed by atoms with Crippen LogP contribution >= 0.6 is 27.5 Å². The Morgan fingerprint density at radius 1 is 1.09 bits per heavy atom. The second-order valence-electron chi connectivity index (χ2n) is 4.95. The van der Waals surface area contributed by atoms with Crippen LogP contribution in [0.15, 0.2) is 53.0 Å². The van der Waals surface area contributed by atoms with Crippen molar-refractivity contribution in [1.29, 1.82) is 0 Å². The van der Waals surface area contributed by atoms with Gasteiger partial charge in [0.2, 0.25) is 0 Å². The van der Waals surface area contributed by atoms with Crippen LogP contribution in [-0.4, -0.2) is 16.1 Å². The van der Waals surface area contributed by atoms with Gasteiger partial charge >= 0.3 is 5.97 Å². The van der Waals surface area contributed by atoms with Gasteiger partial charge in [0, 0.05) is 14.9 Å². The summed E-state index contributed by atoms with van der Waals surface area (Å²) in [5, 5.41) is 10.7. The molecule has 5 heteroatoms. The van der Waals surface area contributed by atoms with Crippen LogP contribution < -0.4 is 0 Å². The minimum Gasteiger partial charge on any atom is -0.478 e. The highest BCUT2D eigenvalue weighted by molar-refractivity contribution is 9.10. The maximum Gasteiger partial charge on any atom is 0.336 e. The van der Waals surface area contributed by atoms with E-state index in [4.69, 9.17) is 11.6 Å². The number of hydrogen-bond acceptors (Lipinski definition) is 2. The van der Waals surface area contributed by atoms with Gasteiger partial charge in [0.1, 0.15) is 0 Å². The van der Waals surface area contributed by atoms with Crippen molar-refractivity contribution in [2.75, 3.05) is 0 Å². The highest BCUT2D eigenvalue weighted by Crippen LogP contribution is 2.24. The Morgan fingerprint density at radius 3 is 2.52 bits per heavy atom. The number of carboxylic acid groups (broad SMARTS) is 1. The molecule has 3 nitrogen and oxygen atoms in total. The fraction of sp³-hybridized carbons (Fsp3) is 0. The van der Waals surface area contributed by atoms with E-state index in [-0.39, 0.29) is 5.56 Å². The van der Waals surface area contributed by atoms with E-state index in [1.807, 2.05) is 24.3 Å². The Labute approximate surface area is 146 Å². The molecule has 1 N–H and O–H groups in total. The van der Waals surface area contributed by atoms with E-state index in [1.165, 1.54) is 0 Å². The van der Waals surface area contributed by atoms with Crippen molar-refractivity contribution in [2.24, 2.45) is 0 Å². The number of hydrogen-bond donors (Lipinski definition) is 1. The molecule has 0 radical (unpaired) electrons. The number of aromatic carboxylic acids is 1. The Hall–Kier alpha value is -2.17. The summed E-state index contributed by atoms with van der Waals surface area (Å²) in [7, 11) is 0. The Balaban J connectivity index is 2.06. The Bertz CT molecular complexity index is 920. The van der Waals surface area contributed by atoms with Crippen molar-refractivity contribution in [3.8, 4) is 0 Å². The Morgan fingerprint density at radius 2 is 1.83 bits per heavy atom. The molecule has 1 aromatic heterocycles. The molecular weight excluding hydrogens is 378 g/mol. The first kappa shape index (κ1) is 15.7. The highest BCUT2D eigenvalue weighted by atomic mass is 79.9. The molecule has 0 aliphatic rings. The molecule has 0 spiro atoms. The van der Waals surface area contributed by atoms with Crippen LogP contribution in [0.1, 0.15) is 21.6 Å². The van der Waals surface area contributed by atoms with E-state index in [9.17, 15) is 9.90 Å². The number of pyridine rings is 1. The predicted octanol–water partition coefficient (Wildman–Crippen LogP) is 5.52. The van der Waals surface area contributed by atoms with Gasteiger partial charge in [-0.15, -0.1) is 0 Å². The second-order valence-corrected chi connectivity index (χ2v) is 6.30. The number of fused-ring (bicyclic) bond motifs is 1. The SMILES string of the molecule is O=C(O)c1cc(C=Cc2ccc(Cl)cc2)nc2ccc(Br)cc12. The summed E-state index contributed by atoms with van der Waals surface area (Å²) in [6, 6.07) is 14.3. The fourth-order valence-electron chi connectivity index (χ4n) is 2.24. The van der Waals surface area contributed by atoms with Crippen LogP contribution in [0.5, 0.6) is 0 Å². The number of carbonyl (C=O) groups is 1. The van der Waals surface area contributed by atoms with E-state index in [2.05, 4.69) is 20.9 Å². The summed E-state index contributed by atoms with van der Waals surface area (Å²) in [4.78, 5) is 16.0. The lowest BCUT2D eigenvalue weighted by Crippen LogP contribution is -2.00. The number of carboxylic acids is 1. The van der Waals surface area contributed by atoms with E-state index in [1.54, 1.807) is 36.4 Å². The summed E-state index contributed by atoms with van der Waals surface area (Å²) < 4.78 is 0.818. The first-order valence-corrected chi connectivity index (χ1v) is 7.97. The van der Waals surface area contributed by atoms with Gasteiger partial charge < -0.3 is 5.11 Å². The fourth-order valence-corrected chi connectivity index (χ4v) is 2.72. The second kappa shape index (κ2) is 6.52. The van der Waals surface area contributed by atoms with E-state index in [0.29, 0.717) is 21.6 Å². The van der Waals surface area contributed by atoms with E-state index in [0.717, 1.165) is 10.0 Å². The van der Waals surface area contributed by atoms with Crippen LogP contribution in [0.4, 0.5) is 0 Å². The van der Waals surface area contributed by atoms with Crippen LogP contribution in [-0.2, 0) is 0 Å². The molecule has 0 saturated carbocycles. The van der Waals surface area contributed by atoms with E-state index < -0.39 is 5.97 Å². The molecule has 0 aliphatic heterocycles. The topological polar surface area (TPSA) is 50.2 Å². The summed E-state index contributed by atoms with van der Waals surface area (Å²) >= 11 is 9.21. The van der Waals surface area contributed by atoms with Gasteiger partial charge in [0.15, 0.2) is 0 Å². The number of nitrogens with zero attached hydrogens (tertiary/aromatic N) is 1. The molecule has 3 rings (SSSR count). The van der Waals surface area contributed by atoms with Crippen molar-refractivity contribution in [2.45, 2.75) is 0 Å². The number of halogens is 2. The molecule has 0 atom stereocenters. The lowest BCUT2D eigenvalue weighted by molar-refractivity contribution is 0.0699. The average molecular weight is 389 g/mol. The summed E-state index contributed by atoms with van der Waals surface area (Å²) in [5.74, 6) is -0.975. The largest absolute Gasteiger partial charge is 0.478 e. The van der Waals surface area contributed by atoms with Gasteiger partial charge in [-0.05, 0) is 48.0 Å². The maximum absolute atomic E-state index is 11.5. The van der Waals surface area contributed by atoms with Crippen molar-refractivity contribution >= 4 is 56.6 Å². The number of rotatable bonds is 3. The van der Waals surface area contributed by atoms with Crippen molar-refractivity contribution in [3.63, 3.8) is 0 Å². The van der Waals surface area contributed by atoms with Gasteiger partial charge in [-0.2, -0.15) is 0 Å². The molecule has 0 saturated heterocycles. The zero-order chi connectivity index (χ0) is 16.4. The van der Waals surface area contributed by atoms with Crippen LogP contribution in [0.2, 0.25) is 5.02 Å². The third-order valence-electron chi connectivity index (χ3n) is 3.34. The summed E-state index contributed by atoms with van der Waals surface area (Å²) in [6.07, 6.45) is 3.66. The number of aromatic nitrogens is 1. The van der Waals surface area contributed by atoms with Crippen LogP contribution in [0.3, 0.4) is 0 Å². The molecule has 1 heterocycles. The lowest BCUT2D eigenvalue weighted by Gasteiger charge is -2.05. The minimum atomic E-state index is -0.975. The monoisotopic (exact) mass is 387 g/mol. The molecule has 3 aromatic rings. The number of benzene rings is 2. The van der Waals surface area contributed by atoms with Crippen LogP contribution in [0, 0.1) is 0 Å². The molecule has 0 bridgehead atoms. The molecular formula is C18H11BrClNO2. The summed E-state index contributed by atoms with van der Waals surface area (Å²) in [5.41, 5.74) is 2.42. The van der Waals surface area contributed by atoms with Crippen LogP contribution in [0.25, 0.3) is 23.1 Å². The Kier molecular flexibility index (Phi) is 4.46. The first-order valence-electron chi connectivity index (χ1n) is 6.80. The third-order valence-corrected chi connectivity index (χ3v) is 4.08. The molecule has 0 fully saturated rings. The molecule has 0 amide bonds. The smallest absolute Gasteiger partial charge is 0.336 e. The van der Waals surface area contributed by atoms with Gasteiger partial charge in [-0.3, -0.25) is 0 Å². The predicted molar refractivity (Wildman–Crippen MR) is 96.8 cm³/mol. The quantitative estimate of drug-likeness (QED) is 0.643. The van der Waals surface area contributed by atoms with Gasteiger partial charge in [0.25, 0.3) is 0 Å². The molecule has 0 aliphatic carbocycles. The normalized spacial score (nSPS) is 11.2. The molecule has 2 aromatic carbocycles. The van der Waals surface area contributed by atoms with Gasteiger partial charge in [-0.25, -0.2) is 9.78 Å². The first-order chi connectivity index (χ1) is 11.0. The molecule has 114 valence electrons. The lowest BCUT2D eigenvalue weighted by atomic mass is 10.1. The van der Waals surface area contributed by atoms with E-state index >= 15 is 0 Å². The summed E-state index contributed by atoms with van der Waals surface area (Å²) in [6.45, 7) is 0. The zero-order valence-corrected chi connectivity index (χ0v) is 14.2. The highest BCUT2D eigenvalue weighted by Gasteiger charge is 2.11. The van der Waals surface area contributed by atoms with Crippen molar-refractivity contribution in [3.05, 3.63) is 74.8 Å². The molecule has 23 heavy (non-hydrogen) atoms. The zero-order valence-electron chi connectivity index (χ0n) is 11.8. The maximum atomic E-state index is 11.5.